The molecule has 1 unspecified atom stereocenters. The molecule has 2 heterocycles. The van der Waals surface area contributed by atoms with Gasteiger partial charge in [0.1, 0.15) is 35.2 Å². The Balaban J connectivity index is 1.71. The number of likely N-dealkylation sites (tertiary alicyclic amines) is 1. The zero-order chi connectivity index (χ0) is 19.9. The Bertz CT molecular complexity index is 831. The van der Waals surface area contributed by atoms with Gasteiger partial charge >= 0.3 is 0 Å². The summed E-state index contributed by atoms with van der Waals surface area (Å²) in [6.07, 6.45) is 7.79. The number of rotatable bonds is 4. The molecule has 1 saturated heterocycles. The van der Waals surface area contributed by atoms with E-state index < -0.39 is 34.9 Å². The SMILES string of the molecule is CCCCCC1(O)CC=C2C(=O)[C@H]3N(C)CC[C@]45C2=C1O[C@H]4[C@@H](O)C=C[C@@]35O. The summed E-state index contributed by atoms with van der Waals surface area (Å²) in [6.45, 7) is 2.74. The highest BCUT2D eigenvalue weighted by Gasteiger charge is 2.75. The van der Waals surface area contributed by atoms with Gasteiger partial charge in [-0.1, -0.05) is 44.4 Å². The van der Waals surface area contributed by atoms with E-state index in [4.69, 9.17) is 4.74 Å². The van der Waals surface area contributed by atoms with Crippen LogP contribution in [0.3, 0.4) is 0 Å². The number of aliphatic hydroxyl groups excluding tert-OH is 1. The maximum Gasteiger partial charge on any atom is 0.183 e. The molecule has 2 fully saturated rings. The number of hydrogen-bond donors (Lipinski definition) is 3. The molecule has 28 heavy (non-hydrogen) atoms. The first kappa shape index (κ1) is 18.6. The maximum atomic E-state index is 13.4. The van der Waals surface area contributed by atoms with Gasteiger partial charge in [-0.2, -0.15) is 0 Å². The molecule has 0 amide bonds. The third-order valence-corrected chi connectivity index (χ3v) is 7.74. The Morgan fingerprint density at radius 1 is 1.32 bits per heavy atom. The van der Waals surface area contributed by atoms with Crippen LogP contribution in [-0.2, 0) is 9.53 Å². The summed E-state index contributed by atoms with van der Waals surface area (Å²) >= 11 is 0. The van der Waals surface area contributed by atoms with Crippen LogP contribution in [0.25, 0.3) is 0 Å². The summed E-state index contributed by atoms with van der Waals surface area (Å²) in [7, 11) is 1.86. The van der Waals surface area contributed by atoms with E-state index in [2.05, 4.69) is 6.92 Å². The van der Waals surface area contributed by atoms with Crippen LogP contribution in [-0.4, -0.2) is 69.0 Å². The molecular weight excluding hydrogens is 358 g/mol. The van der Waals surface area contributed by atoms with E-state index in [-0.39, 0.29) is 5.78 Å². The van der Waals surface area contributed by atoms with Crippen LogP contribution in [0.4, 0.5) is 0 Å². The van der Waals surface area contributed by atoms with Gasteiger partial charge in [-0.3, -0.25) is 9.69 Å². The number of piperidine rings is 1. The molecule has 1 spiro atoms. The Morgan fingerprint density at radius 2 is 2.11 bits per heavy atom. The summed E-state index contributed by atoms with van der Waals surface area (Å²) in [4.78, 5) is 15.3. The summed E-state index contributed by atoms with van der Waals surface area (Å²) in [5.74, 6) is 0.303. The number of ketones is 1. The molecule has 0 aromatic carbocycles. The molecule has 2 aliphatic heterocycles. The van der Waals surface area contributed by atoms with Crippen molar-refractivity contribution in [3.05, 3.63) is 35.1 Å². The normalized spacial score (nSPS) is 46.4. The molecule has 5 rings (SSSR count). The maximum absolute atomic E-state index is 13.4. The minimum Gasteiger partial charge on any atom is -0.487 e. The van der Waals surface area contributed by atoms with Gasteiger partial charge in [0.05, 0.1) is 5.41 Å². The number of nitrogens with zero attached hydrogens (tertiary/aromatic N) is 1. The van der Waals surface area contributed by atoms with Crippen molar-refractivity contribution in [1.82, 2.24) is 4.90 Å². The number of Topliss-reactive ketones (excluding diaryl/α,β-unsaturated/α-hetero) is 1. The second-order valence-electron chi connectivity index (χ2n) is 9.20. The molecule has 0 aromatic heterocycles. The molecule has 5 aliphatic rings. The summed E-state index contributed by atoms with van der Waals surface area (Å²) in [5, 5.41) is 34.1. The van der Waals surface area contributed by atoms with Crippen LogP contribution in [0.1, 0.15) is 45.4 Å². The van der Waals surface area contributed by atoms with E-state index in [9.17, 15) is 20.1 Å². The van der Waals surface area contributed by atoms with Crippen molar-refractivity contribution < 1.29 is 24.9 Å². The molecule has 6 heteroatoms. The molecule has 0 aromatic rings. The molecule has 3 N–H and O–H groups in total. The second-order valence-corrected chi connectivity index (χ2v) is 9.20. The summed E-state index contributed by atoms with van der Waals surface area (Å²) in [6, 6.07) is -0.697. The van der Waals surface area contributed by atoms with Gasteiger partial charge in [-0.05, 0) is 26.4 Å². The van der Waals surface area contributed by atoms with Crippen molar-refractivity contribution in [1.29, 1.82) is 0 Å². The van der Waals surface area contributed by atoms with Gasteiger partial charge in [0.25, 0.3) is 0 Å². The molecule has 1 saturated carbocycles. The van der Waals surface area contributed by atoms with Crippen LogP contribution in [0.15, 0.2) is 35.1 Å². The van der Waals surface area contributed by atoms with Gasteiger partial charge in [0.2, 0.25) is 0 Å². The Morgan fingerprint density at radius 3 is 2.86 bits per heavy atom. The predicted octanol–water partition coefficient (Wildman–Crippen LogP) is 1.22. The highest BCUT2D eigenvalue weighted by atomic mass is 16.5. The monoisotopic (exact) mass is 387 g/mol. The molecule has 2 bridgehead atoms. The van der Waals surface area contributed by atoms with Crippen molar-refractivity contribution in [3.8, 4) is 0 Å². The number of aliphatic hydroxyl groups is 3. The van der Waals surface area contributed by atoms with Crippen LogP contribution in [0.5, 0.6) is 0 Å². The summed E-state index contributed by atoms with van der Waals surface area (Å²) < 4.78 is 6.29. The van der Waals surface area contributed by atoms with Crippen LogP contribution in [0.2, 0.25) is 0 Å². The topological polar surface area (TPSA) is 90.2 Å². The second kappa shape index (κ2) is 5.79. The van der Waals surface area contributed by atoms with Crippen molar-refractivity contribution >= 4 is 5.78 Å². The molecule has 6 nitrogen and oxygen atoms in total. The Hall–Kier alpha value is -1.47. The third-order valence-electron chi connectivity index (χ3n) is 7.74. The van der Waals surface area contributed by atoms with E-state index >= 15 is 0 Å². The van der Waals surface area contributed by atoms with Crippen molar-refractivity contribution in [2.24, 2.45) is 5.41 Å². The zero-order valence-corrected chi connectivity index (χ0v) is 16.5. The number of ether oxygens (including phenoxy) is 1. The van der Waals surface area contributed by atoms with E-state index in [0.717, 1.165) is 19.3 Å². The van der Waals surface area contributed by atoms with Crippen LogP contribution in [0, 0.1) is 5.41 Å². The van der Waals surface area contributed by atoms with E-state index in [1.807, 2.05) is 18.0 Å². The highest BCUT2D eigenvalue weighted by molar-refractivity contribution is 6.07. The van der Waals surface area contributed by atoms with E-state index in [1.165, 1.54) is 0 Å². The minimum absolute atomic E-state index is 0.117. The Kier molecular flexibility index (Phi) is 3.83. The fourth-order valence-electron chi connectivity index (χ4n) is 6.36. The molecular formula is C22H29NO5. The van der Waals surface area contributed by atoms with Crippen molar-refractivity contribution in [3.63, 3.8) is 0 Å². The molecule has 3 aliphatic carbocycles. The number of carbonyl (C=O) groups is 1. The standard InChI is InChI=1S/C22H29NO5/c1-3-4-5-8-20(26)9-6-13-15-19(20)28-18-14(24)7-10-22(27)17(16(13)25)23(2)12-11-21(15,18)22/h6-7,10,14,17-18,24,26-27H,3-5,8-9,11-12H2,1-2H3/t14-,17+,18-,20?,21-,22+/m0/s1. The lowest BCUT2D eigenvalue weighted by Gasteiger charge is -2.61. The fourth-order valence-corrected chi connectivity index (χ4v) is 6.36. The summed E-state index contributed by atoms with van der Waals surface area (Å²) in [5.41, 5.74) is -2.30. The Labute approximate surface area is 165 Å². The molecule has 152 valence electrons. The third kappa shape index (κ3) is 1.95. The van der Waals surface area contributed by atoms with Crippen LogP contribution >= 0.6 is 0 Å². The number of likely N-dealkylation sites (N-methyl/N-ethyl adjacent to an activating group) is 1. The lowest BCUT2D eigenvalue weighted by atomic mass is 9.48. The number of carbonyl (C=O) groups excluding carboxylic acids is 1. The molecule has 6 atom stereocenters. The van der Waals surface area contributed by atoms with E-state index in [0.29, 0.717) is 42.7 Å². The first-order chi connectivity index (χ1) is 13.3. The van der Waals surface area contributed by atoms with E-state index in [1.54, 1.807) is 12.2 Å². The van der Waals surface area contributed by atoms with Crippen molar-refractivity contribution in [2.75, 3.05) is 13.6 Å². The number of hydrogen-bond acceptors (Lipinski definition) is 6. The van der Waals surface area contributed by atoms with Gasteiger partial charge in [-0.25, -0.2) is 0 Å². The minimum atomic E-state index is -1.45. The predicted molar refractivity (Wildman–Crippen MR) is 102 cm³/mol. The van der Waals surface area contributed by atoms with Gasteiger partial charge < -0.3 is 20.1 Å². The zero-order valence-electron chi connectivity index (χ0n) is 16.5. The lowest BCUT2D eigenvalue weighted by Crippen LogP contribution is -2.75. The smallest absolute Gasteiger partial charge is 0.183 e. The first-order valence-electron chi connectivity index (χ1n) is 10.5. The van der Waals surface area contributed by atoms with Crippen molar-refractivity contribution in [2.45, 2.75) is 74.9 Å². The van der Waals surface area contributed by atoms with Gasteiger partial charge in [-0.15, -0.1) is 0 Å². The highest BCUT2D eigenvalue weighted by Crippen LogP contribution is 2.66. The van der Waals surface area contributed by atoms with Gasteiger partial charge in [0.15, 0.2) is 5.78 Å². The van der Waals surface area contributed by atoms with Gasteiger partial charge in [0, 0.05) is 17.6 Å². The van der Waals surface area contributed by atoms with Crippen LogP contribution < -0.4 is 0 Å². The lowest BCUT2D eigenvalue weighted by molar-refractivity contribution is -0.187. The average Bonchev–Trinajstić information content (AvgIpc) is 3.01. The average molecular weight is 387 g/mol. The molecule has 0 radical (unpaired) electrons. The first-order valence-corrected chi connectivity index (χ1v) is 10.5. The fraction of sp³-hybridized carbons (Fsp3) is 0.682. The largest absolute Gasteiger partial charge is 0.487 e. The quantitative estimate of drug-likeness (QED) is 0.496. The number of unbranched alkanes of at least 4 members (excludes halogenated alkanes) is 2.